The van der Waals surface area contributed by atoms with Crippen LogP contribution in [0.5, 0.6) is 0 Å². The molecule has 0 spiro atoms. The molecule has 0 aromatic heterocycles. The zero-order valence-corrected chi connectivity index (χ0v) is 7.60. The quantitative estimate of drug-likeness (QED) is 0.779. The third-order valence-electron chi connectivity index (χ3n) is 1.48. The minimum Gasteiger partial charge on any atom is -0.478 e. The maximum atomic E-state index is 10.6. The van der Waals surface area contributed by atoms with Crippen molar-refractivity contribution in [2.45, 2.75) is 5.75 Å². The molecule has 0 saturated heterocycles. The van der Waals surface area contributed by atoms with Crippen LogP contribution in [0, 0.1) is 0 Å². The monoisotopic (exact) mass is 182 g/mol. The van der Waals surface area contributed by atoms with Crippen LogP contribution in [0.25, 0.3) is 0 Å². The van der Waals surface area contributed by atoms with Gasteiger partial charge in [0.25, 0.3) is 0 Å². The molecule has 1 N–H and O–H groups in total. The van der Waals surface area contributed by atoms with Gasteiger partial charge < -0.3 is 5.11 Å². The highest BCUT2D eigenvalue weighted by Crippen LogP contribution is 2.11. The molecule has 1 aromatic rings. The van der Waals surface area contributed by atoms with E-state index in [0.29, 0.717) is 5.56 Å². The van der Waals surface area contributed by atoms with Gasteiger partial charge in [-0.2, -0.15) is 11.8 Å². The first-order valence-corrected chi connectivity index (χ1v) is 4.94. The van der Waals surface area contributed by atoms with Crippen molar-refractivity contribution in [1.29, 1.82) is 0 Å². The summed E-state index contributed by atoms with van der Waals surface area (Å²) >= 11 is 1.68. The van der Waals surface area contributed by atoms with E-state index in [0.717, 1.165) is 11.3 Å². The number of carboxylic acid groups (broad SMARTS) is 1. The average Bonchev–Trinajstić information content (AvgIpc) is 2.05. The van der Waals surface area contributed by atoms with Crippen molar-refractivity contribution < 1.29 is 9.90 Å². The Morgan fingerprint density at radius 3 is 2.92 bits per heavy atom. The van der Waals surface area contributed by atoms with Crippen LogP contribution in [0.3, 0.4) is 0 Å². The van der Waals surface area contributed by atoms with Crippen LogP contribution in [-0.4, -0.2) is 17.3 Å². The van der Waals surface area contributed by atoms with Gasteiger partial charge in [0.15, 0.2) is 0 Å². The molecule has 0 unspecified atom stereocenters. The molecule has 2 nitrogen and oxygen atoms in total. The maximum absolute atomic E-state index is 10.6. The molecule has 0 amide bonds. The van der Waals surface area contributed by atoms with Crippen molar-refractivity contribution in [2.75, 3.05) is 6.26 Å². The topological polar surface area (TPSA) is 37.3 Å². The van der Waals surface area contributed by atoms with Crippen molar-refractivity contribution in [3.05, 3.63) is 35.4 Å². The summed E-state index contributed by atoms with van der Waals surface area (Å²) in [6, 6.07) is 7.02. The second kappa shape index (κ2) is 4.16. The third kappa shape index (κ3) is 2.27. The van der Waals surface area contributed by atoms with E-state index < -0.39 is 5.97 Å². The number of carboxylic acids is 1. The van der Waals surface area contributed by atoms with Crippen molar-refractivity contribution in [3.8, 4) is 0 Å². The zero-order chi connectivity index (χ0) is 8.97. The van der Waals surface area contributed by atoms with E-state index in [-0.39, 0.29) is 0 Å². The molecule has 12 heavy (non-hydrogen) atoms. The first-order valence-electron chi connectivity index (χ1n) is 3.55. The Morgan fingerprint density at radius 1 is 1.58 bits per heavy atom. The predicted octanol–water partition coefficient (Wildman–Crippen LogP) is 2.25. The van der Waals surface area contributed by atoms with Crippen LogP contribution in [0.15, 0.2) is 24.3 Å². The SMILES string of the molecule is CSCc1cccc(C(=O)O)c1. The summed E-state index contributed by atoms with van der Waals surface area (Å²) in [7, 11) is 0. The molecule has 0 radical (unpaired) electrons. The van der Waals surface area contributed by atoms with Crippen LogP contribution in [0.2, 0.25) is 0 Å². The van der Waals surface area contributed by atoms with Crippen LogP contribution in [0.4, 0.5) is 0 Å². The van der Waals surface area contributed by atoms with Crippen molar-refractivity contribution in [1.82, 2.24) is 0 Å². The Bertz CT molecular complexity index is 284. The average molecular weight is 182 g/mol. The molecule has 1 aromatic carbocycles. The van der Waals surface area contributed by atoms with Gasteiger partial charge in [0, 0.05) is 5.75 Å². The molecule has 1 rings (SSSR count). The molecular weight excluding hydrogens is 172 g/mol. The lowest BCUT2D eigenvalue weighted by Gasteiger charge is -1.99. The molecular formula is C9H10O2S. The molecule has 0 aliphatic carbocycles. The number of rotatable bonds is 3. The minimum absolute atomic E-state index is 0.363. The van der Waals surface area contributed by atoms with Gasteiger partial charge in [-0.15, -0.1) is 0 Å². The Kier molecular flexibility index (Phi) is 3.17. The molecule has 64 valence electrons. The molecule has 0 atom stereocenters. The highest BCUT2D eigenvalue weighted by molar-refractivity contribution is 7.97. The first kappa shape index (κ1) is 9.13. The van der Waals surface area contributed by atoms with E-state index in [1.165, 1.54) is 0 Å². The standard InChI is InChI=1S/C9H10O2S/c1-12-6-7-3-2-4-8(5-7)9(10)11/h2-5H,6H2,1H3,(H,10,11). The lowest BCUT2D eigenvalue weighted by atomic mass is 10.1. The molecule has 0 aliphatic heterocycles. The fourth-order valence-corrected chi connectivity index (χ4v) is 1.47. The molecule has 0 aliphatic rings. The van der Waals surface area contributed by atoms with E-state index in [9.17, 15) is 4.79 Å². The van der Waals surface area contributed by atoms with E-state index in [4.69, 9.17) is 5.11 Å². The minimum atomic E-state index is -0.863. The number of thioether (sulfide) groups is 1. The van der Waals surface area contributed by atoms with Crippen molar-refractivity contribution in [2.24, 2.45) is 0 Å². The molecule has 0 bridgehead atoms. The molecule has 3 heteroatoms. The van der Waals surface area contributed by atoms with Gasteiger partial charge in [0.05, 0.1) is 5.56 Å². The van der Waals surface area contributed by atoms with Gasteiger partial charge in [-0.05, 0) is 24.0 Å². The lowest BCUT2D eigenvalue weighted by molar-refractivity contribution is 0.0697. The Labute approximate surface area is 75.6 Å². The second-order valence-electron chi connectivity index (χ2n) is 2.44. The number of hydrogen-bond donors (Lipinski definition) is 1. The Hall–Kier alpha value is -0.960. The second-order valence-corrected chi connectivity index (χ2v) is 3.30. The van der Waals surface area contributed by atoms with Crippen molar-refractivity contribution in [3.63, 3.8) is 0 Å². The fraction of sp³-hybridized carbons (Fsp3) is 0.222. The van der Waals surface area contributed by atoms with E-state index in [1.807, 2.05) is 12.3 Å². The van der Waals surface area contributed by atoms with E-state index in [2.05, 4.69) is 0 Å². The van der Waals surface area contributed by atoms with Gasteiger partial charge in [0.1, 0.15) is 0 Å². The van der Waals surface area contributed by atoms with Gasteiger partial charge >= 0.3 is 5.97 Å². The zero-order valence-electron chi connectivity index (χ0n) is 6.78. The predicted molar refractivity (Wildman–Crippen MR) is 50.6 cm³/mol. The Morgan fingerprint density at radius 2 is 2.33 bits per heavy atom. The number of benzene rings is 1. The number of hydrogen-bond acceptors (Lipinski definition) is 2. The summed E-state index contributed by atoms with van der Waals surface area (Å²) in [5.41, 5.74) is 1.42. The van der Waals surface area contributed by atoms with Crippen LogP contribution < -0.4 is 0 Å². The summed E-state index contributed by atoms with van der Waals surface area (Å²) in [5, 5.41) is 8.67. The highest BCUT2D eigenvalue weighted by atomic mass is 32.2. The largest absolute Gasteiger partial charge is 0.478 e. The maximum Gasteiger partial charge on any atom is 0.335 e. The summed E-state index contributed by atoms with van der Waals surface area (Å²) in [5.74, 6) is -0.000784. The smallest absolute Gasteiger partial charge is 0.335 e. The molecule has 0 heterocycles. The fourth-order valence-electron chi connectivity index (χ4n) is 0.961. The van der Waals surface area contributed by atoms with Gasteiger partial charge in [-0.25, -0.2) is 4.79 Å². The summed E-state index contributed by atoms with van der Waals surface area (Å²) in [6.45, 7) is 0. The van der Waals surface area contributed by atoms with Crippen molar-refractivity contribution >= 4 is 17.7 Å². The van der Waals surface area contributed by atoms with Gasteiger partial charge in [0.2, 0.25) is 0 Å². The van der Waals surface area contributed by atoms with Crippen LogP contribution in [-0.2, 0) is 5.75 Å². The van der Waals surface area contributed by atoms with Crippen LogP contribution >= 0.6 is 11.8 Å². The Balaban J connectivity index is 2.88. The summed E-state index contributed by atoms with van der Waals surface area (Å²) in [6.07, 6.45) is 1.99. The normalized spacial score (nSPS) is 9.75. The molecule has 0 fully saturated rings. The van der Waals surface area contributed by atoms with Gasteiger partial charge in [-0.1, -0.05) is 12.1 Å². The summed E-state index contributed by atoms with van der Waals surface area (Å²) < 4.78 is 0. The highest BCUT2D eigenvalue weighted by Gasteiger charge is 2.01. The number of aromatic carboxylic acids is 1. The van der Waals surface area contributed by atoms with Crippen LogP contribution in [0.1, 0.15) is 15.9 Å². The van der Waals surface area contributed by atoms with E-state index in [1.54, 1.807) is 30.0 Å². The van der Waals surface area contributed by atoms with Gasteiger partial charge in [-0.3, -0.25) is 0 Å². The third-order valence-corrected chi connectivity index (χ3v) is 2.11. The lowest BCUT2D eigenvalue weighted by Crippen LogP contribution is -1.96. The number of carbonyl (C=O) groups is 1. The molecule has 0 saturated carbocycles. The summed E-state index contributed by atoms with van der Waals surface area (Å²) in [4.78, 5) is 10.6. The first-order chi connectivity index (χ1) is 5.74. The van der Waals surface area contributed by atoms with E-state index >= 15 is 0 Å².